The molecule has 3 rings (SSSR count). The number of nitrogens with zero attached hydrogens (tertiary/aromatic N) is 3. The van der Waals surface area contributed by atoms with E-state index in [0.29, 0.717) is 16.3 Å². The lowest BCUT2D eigenvalue weighted by Crippen LogP contribution is -2.27. The number of aromatic nitrogens is 2. The molecular weight excluding hydrogens is 380 g/mol. The second-order valence-electron chi connectivity index (χ2n) is 5.78. The van der Waals surface area contributed by atoms with Gasteiger partial charge in [-0.05, 0) is 36.4 Å². The van der Waals surface area contributed by atoms with E-state index >= 15 is 0 Å². The average molecular weight is 397 g/mol. The number of hydrogen-bond acceptors (Lipinski definition) is 6. The number of benzene rings is 2. The van der Waals surface area contributed by atoms with Crippen LogP contribution in [0.1, 0.15) is 20.8 Å². The Balaban J connectivity index is 1.84. The maximum atomic E-state index is 12.7. The molecule has 0 bridgehead atoms. The van der Waals surface area contributed by atoms with Crippen LogP contribution >= 0.6 is 11.6 Å². The van der Waals surface area contributed by atoms with E-state index in [0.717, 1.165) is 5.69 Å². The highest BCUT2D eigenvalue weighted by Gasteiger charge is 2.16. The monoisotopic (exact) mass is 396 g/mol. The van der Waals surface area contributed by atoms with Crippen molar-refractivity contribution in [3.05, 3.63) is 77.1 Å². The number of amides is 1. The number of carbonyl (C=O) groups is 2. The SMILES string of the molecule is COC(=O)c1ccc(Cl)c(Nc2nccc(C(=O)N(C)c3ccccc3)n2)c1. The number of halogens is 1. The molecule has 28 heavy (non-hydrogen) atoms. The quantitative estimate of drug-likeness (QED) is 0.657. The van der Waals surface area contributed by atoms with Gasteiger partial charge in [-0.15, -0.1) is 0 Å². The summed E-state index contributed by atoms with van der Waals surface area (Å²) in [5, 5.41) is 3.30. The number of hydrogen-bond donors (Lipinski definition) is 1. The molecule has 0 aliphatic carbocycles. The molecule has 0 aliphatic heterocycles. The highest BCUT2D eigenvalue weighted by atomic mass is 35.5. The van der Waals surface area contributed by atoms with Gasteiger partial charge < -0.3 is 15.0 Å². The lowest BCUT2D eigenvalue weighted by molar-refractivity contribution is 0.0600. The van der Waals surface area contributed by atoms with Gasteiger partial charge in [-0.1, -0.05) is 29.8 Å². The van der Waals surface area contributed by atoms with Gasteiger partial charge in [-0.25, -0.2) is 14.8 Å². The van der Waals surface area contributed by atoms with Crippen molar-refractivity contribution in [2.45, 2.75) is 0 Å². The molecule has 1 aromatic heterocycles. The third-order valence-corrected chi connectivity index (χ3v) is 4.29. The number of methoxy groups -OCH3 is 1. The Labute approximate surface area is 166 Å². The highest BCUT2D eigenvalue weighted by molar-refractivity contribution is 6.33. The van der Waals surface area contributed by atoms with Crippen molar-refractivity contribution in [3.8, 4) is 0 Å². The van der Waals surface area contributed by atoms with Crippen molar-refractivity contribution in [2.75, 3.05) is 24.4 Å². The van der Waals surface area contributed by atoms with E-state index in [1.54, 1.807) is 19.2 Å². The zero-order valence-electron chi connectivity index (χ0n) is 15.2. The van der Waals surface area contributed by atoms with Crippen LogP contribution in [0, 0.1) is 0 Å². The Morgan fingerprint density at radius 2 is 1.86 bits per heavy atom. The van der Waals surface area contributed by atoms with Crippen LogP contribution in [-0.4, -0.2) is 36.0 Å². The Bertz CT molecular complexity index is 1010. The van der Waals surface area contributed by atoms with Crippen LogP contribution in [0.15, 0.2) is 60.8 Å². The first-order valence-corrected chi connectivity index (χ1v) is 8.68. The molecule has 1 amide bonds. The van der Waals surface area contributed by atoms with Gasteiger partial charge in [0.25, 0.3) is 5.91 Å². The van der Waals surface area contributed by atoms with Gasteiger partial charge in [0, 0.05) is 18.9 Å². The lowest BCUT2D eigenvalue weighted by atomic mass is 10.2. The molecular formula is C20H17ClN4O3. The number of para-hydroxylation sites is 1. The molecule has 0 aliphatic rings. The molecule has 0 unspecified atom stereocenters. The molecule has 1 heterocycles. The zero-order valence-corrected chi connectivity index (χ0v) is 16.0. The maximum Gasteiger partial charge on any atom is 0.337 e. The molecule has 2 aromatic carbocycles. The van der Waals surface area contributed by atoms with Crippen molar-refractivity contribution >= 4 is 40.8 Å². The van der Waals surface area contributed by atoms with Crippen LogP contribution in [0.3, 0.4) is 0 Å². The van der Waals surface area contributed by atoms with Gasteiger partial charge >= 0.3 is 5.97 Å². The number of esters is 1. The first-order valence-electron chi connectivity index (χ1n) is 8.30. The molecule has 0 fully saturated rings. The van der Waals surface area contributed by atoms with E-state index in [1.165, 1.54) is 30.3 Å². The van der Waals surface area contributed by atoms with Crippen molar-refractivity contribution in [2.24, 2.45) is 0 Å². The fourth-order valence-corrected chi connectivity index (χ4v) is 2.63. The van der Waals surface area contributed by atoms with E-state index in [1.807, 2.05) is 30.3 Å². The topological polar surface area (TPSA) is 84.4 Å². The van der Waals surface area contributed by atoms with E-state index in [2.05, 4.69) is 15.3 Å². The van der Waals surface area contributed by atoms with Crippen molar-refractivity contribution in [1.82, 2.24) is 9.97 Å². The van der Waals surface area contributed by atoms with Gasteiger partial charge in [-0.2, -0.15) is 0 Å². The van der Waals surface area contributed by atoms with Crippen LogP contribution in [0.4, 0.5) is 17.3 Å². The number of rotatable bonds is 5. The summed E-state index contributed by atoms with van der Waals surface area (Å²) >= 11 is 6.18. The third-order valence-electron chi connectivity index (χ3n) is 3.96. The van der Waals surface area contributed by atoms with Gasteiger partial charge in [0.05, 0.1) is 23.4 Å². The fourth-order valence-electron chi connectivity index (χ4n) is 2.47. The van der Waals surface area contributed by atoms with Crippen LogP contribution in [0.2, 0.25) is 5.02 Å². The first kappa shape index (κ1) is 19.3. The normalized spacial score (nSPS) is 10.2. The summed E-state index contributed by atoms with van der Waals surface area (Å²) in [6.45, 7) is 0. The first-order chi connectivity index (χ1) is 13.5. The molecule has 0 spiro atoms. The lowest BCUT2D eigenvalue weighted by Gasteiger charge is -2.17. The summed E-state index contributed by atoms with van der Waals surface area (Å²) in [5.74, 6) is -0.601. The number of carbonyl (C=O) groups excluding carboxylic acids is 2. The van der Waals surface area contributed by atoms with Crippen molar-refractivity contribution in [1.29, 1.82) is 0 Å². The van der Waals surface area contributed by atoms with Crippen LogP contribution < -0.4 is 10.2 Å². The average Bonchev–Trinajstić information content (AvgIpc) is 2.74. The number of nitrogens with one attached hydrogen (secondary N) is 1. The molecule has 8 heteroatoms. The minimum atomic E-state index is -0.492. The van der Waals surface area contributed by atoms with E-state index in [4.69, 9.17) is 16.3 Å². The number of anilines is 3. The fraction of sp³-hybridized carbons (Fsp3) is 0.100. The summed E-state index contributed by atoms with van der Waals surface area (Å²) in [6, 6.07) is 15.4. The molecule has 0 saturated heterocycles. The molecule has 7 nitrogen and oxygen atoms in total. The maximum absolute atomic E-state index is 12.7. The van der Waals surface area contributed by atoms with Gasteiger partial charge in [-0.3, -0.25) is 4.79 Å². The van der Waals surface area contributed by atoms with E-state index < -0.39 is 5.97 Å². The van der Waals surface area contributed by atoms with Crippen molar-refractivity contribution in [3.63, 3.8) is 0 Å². The van der Waals surface area contributed by atoms with E-state index in [9.17, 15) is 9.59 Å². The minimum absolute atomic E-state index is 0.177. The Kier molecular flexibility index (Phi) is 5.86. The Morgan fingerprint density at radius 3 is 2.57 bits per heavy atom. The minimum Gasteiger partial charge on any atom is -0.465 e. The van der Waals surface area contributed by atoms with Gasteiger partial charge in [0.1, 0.15) is 5.69 Å². The van der Waals surface area contributed by atoms with Gasteiger partial charge in [0.15, 0.2) is 0 Å². The molecule has 0 radical (unpaired) electrons. The predicted molar refractivity (Wildman–Crippen MR) is 107 cm³/mol. The second kappa shape index (κ2) is 8.49. The Morgan fingerprint density at radius 1 is 1.11 bits per heavy atom. The molecule has 3 aromatic rings. The predicted octanol–water partition coefficient (Wildman–Crippen LogP) is 3.94. The summed E-state index contributed by atoms with van der Waals surface area (Å²) < 4.78 is 4.71. The third kappa shape index (κ3) is 4.27. The summed E-state index contributed by atoms with van der Waals surface area (Å²) in [6.07, 6.45) is 1.47. The second-order valence-corrected chi connectivity index (χ2v) is 6.18. The smallest absolute Gasteiger partial charge is 0.337 e. The largest absolute Gasteiger partial charge is 0.465 e. The molecule has 1 N–H and O–H groups in total. The standard InChI is InChI=1S/C20H17ClN4O3/c1-25(14-6-4-3-5-7-14)18(26)16-10-11-22-20(23-16)24-17-12-13(19(27)28-2)8-9-15(17)21/h3-12H,1-2H3,(H,22,23,24). The van der Waals surface area contributed by atoms with Crippen LogP contribution in [0.25, 0.3) is 0 Å². The molecule has 142 valence electrons. The van der Waals surface area contributed by atoms with Crippen molar-refractivity contribution < 1.29 is 14.3 Å². The summed E-state index contributed by atoms with van der Waals surface area (Å²) in [7, 11) is 2.97. The summed E-state index contributed by atoms with van der Waals surface area (Å²) in [4.78, 5) is 34.3. The van der Waals surface area contributed by atoms with E-state index in [-0.39, 0.29) is 17.5 Å². The van der Waals surface area contributed by atoms with Crippen LogP contribution in [-0.2, 0) is 4.74 Å². The van der Waals surface area contributed by atoms with Crippen LogP contribution in [0.5, 0.6) is 0 Å². The van der Waals surface area contributed by atoms with Gasteiger partial charge in [0.2, 0.25) is 5.95 Å². The summed E-state index contributed by atoms with van der Waals surface area (Å²) in [5.41, 5.74) is 1.70. The number of ether oxygens (including phenoxy) is 1. The highest BCUT2D eigenvalue weighted by Crippen LogP contribution is 2.26. The zero-order chi connectivity index (χ0) is 20.1. The molecule has 0 saturated carbocycles. The Hall–Kier alpha value is -3.45. The molecule has 0 atom stereocenters.